The maximum Gasteiger partial charge on any atom is 0.306 e. The number of carbonyl (C=O) groups is 3. The van der Waals surface area contributed by atoms with Gasteiger partial charge in [-0.2, -0.15) is 0 Å². The van der Waals surface area contributed by atoms with E-state index in [-0.39, 0.29) is 44.4 Å². The Labute approximate surface area is 359 Å². The van der Waals surface area contributed by atoms with E-state index in [9.17, 15) is 14.4 Å². The Morgan fingerprint density at radius 2 is 0.661 bits per heavy atom. The highest BCUT2D eigenvalue weighted by molar-refractivity contribution is 5.71. The lowest BCUT2D eigenvalue weighted by molar-refractivity contribution is -0.166. The molecular formula is C53H76O6. The molecule has 0 amide bonds. The molecule has 0 spiro atoms. The van der Waals surface area contributed by atoms with Gasteiger partial charge >= 0.3 is 17.9 Å². The molecule has 1 unspecified atom stereocenters. The summed E-state index contributed by atoms with van der Waals surface area (Å²) in [6.07, 6.45) is 66.8. The van der Waals surface area contributed by atoms with Crippen LogP contribution >= 0.6 is 0 Å². The zero-order chi connectivity index (χ0) is 43.0. The minimum atomic E-state index is -0.864. The largest absolute Gasteiger partial charge is 0.462 e. The van der Waals surface area contributed by atoms with Gasteiger partial charge in [0.1, 0.15) is 13.2 Å². The minimum absolute atomic E-state index is 0.159. The summed E-state index contributed by atoms with van der Waals surface area (Å²) in [6.45, 7) is 6.04. The molecule has 0 aliphatic carbocycles. The van der Waals surface area contributed by atoms with Gasteiger partial charge in [-0.3, -0.25) is 14.4 Å². The maximum absolute atomic E-state index is 12.7. The zero-order valence-corrected chi connectivity index (χ0v) is 36.7. The number of unbranched alkanes of at least 4 members (excludes halogenated alkanes) is 3. The number of allylic oxidation sites excluding steroid dienone is 26. The zero-order valence-electron chi connectivity index (χ0n) is 36.7. The molecule has 0 aliphatic rings. The van der Waals surface area contributed by atoms with Crippen LogP contribution in [0.1, 0.15) is 136 Å². The van der Waals surface area contributed by atoms with E-state index in [4.69, 9.17) is 14.2 Å². The second-order valence-corrected chi connectivity index (χ2v) is 13.6. The van der Waals surface area contributed by atoms with Gasteiger partial charge in [-0.05, 0) is 96.3 Å². The van der Waals surface area contributed by atoms with Crippen molar-refractivity contribution < 1.29 is 28.6 Å². The van der Waals surface area contributed by atoms with Crippen LogP contribution in [-0.2, 0) is 28.6 Å². The highest BCUT2D eigenvalue weighted by atomic mass is 16.6. The third kappa shape index (κ3) is 44.0. The van der Waals surface area contributed by atoms with Gasteiger partial charge in [0.15, 0.2) is 6.10 Å². The molecule has 0 heterocycles. The first-order chi connectivity index (χ1) is 29.0. The van der Waals surface area contributed by atoms with E-state index in [1.54, 1.807) is 0 Å². The smallest absolute Gasteiger partial charge is 0.306 e. The summed E-state index contributed by atoms with van der Waals surface area (Å²) in [5.41, 5.74) is 0. The van der Waals surface area contributed by atoms with Gasteiger partial charge in [-0.1, -0.05) is 179 Å². The van der Waals surface area contributed by atoms with Gasteiger partial charge in [0.05, 0.1) is 0 Å². The molecule has 0 saturated heterocycles. The lowest BCUT2D eigenvalue weighted by Crippen LogP contribution is -2.30. The first kappa shape index (κ1) is 54.0. The molecule has 0 aromatic rings. The number of rotatable bonds is 36. The fourth-order valence-electron chi connectivity index (χ4n) is 4.94. The Morgan fingerprint density at radius 1 is 0.356 bits per heavy atom. The molecule has 0 aliphatic heterocycles. The molecule has 0 fully saturated rings. The predicted molar refractivity (Wildman–Crippen MR) is 251 cm³/mol. The Morgan fingerprint density at radius 3 is 1.05 bits per heavy atom. The quantitative estimate of drug-likeness (QED) is 0.0206. The van der Waals surface area contributed by atoms with E-state index in [2.05, 4.69) is 124 Å². The van der Waals surface area contributed by atoms with Crippen LogP contribution in [0.3, 0.4) is 0 Å². The summed E-state index contributed by atoms with van der Waals surface area (Å²) in [6, 6.07) is 0. The third-order valence-corrected chi connectivity index (χ3v) is 8.14. The average molecular weight is 809 g/mol. The second-order valence-electron chi connectivity index (χ2n) is 13.6. The van der Waals surface area contributed by atoms with Crippen molar-refractivity contribution >= 4 is 17.9 Å². The van der Waals surface area contributed by atoms with E-state index < -0.39 is 12.1 Å². The van der Waals surface area contributed by atoms with E-state index >= 15 is 0 Å². The van der Waals surface area contributed by atoms with Crippen LogP contribution in [0.4, 0.5) is 0 Å². The summed E-state index contributed by atoms with van der Waals surface area (Å²) in [5, 5.41) is 0. The molecule has 0 rings (SSSR count). The van der Waals surface area contributed by atoms with Gasteiger partial charge in [0.2, 0.25) is 0 Å². The topological polar surface area (TPSA) is 78.9 Å². The summed E-state index contributed by atoms with van der Waals surface area (Å²) in [4.78, 5) is 37.7. The van der Waals surface area contributed by atoms with Crippen molar-refractivity contribution in [1.82, 2.24) is 0 Å². The molecule has 59 heavy (non-hydrogen) atoms. The normalized spacial score (nSPS) is 13.6. The summed E-state index contributed by atoms with van der Waals surface area (Å²) in [5.74, 6) is -1.17. The van der Waals surface area contributed by atoms with Crippen molar-refractivity contribution in [3.8, 4) is 0 Å². The number of carbonyl (C=O) groups excluding carboxylic acids is 3. The first-order valence-corrected chi connectivity index (χ1v) is 22.1. The first-order valence-electron chi connectivity index (χ1n) is 22.1. The number of esters is 3. The fraction of sp³-hybridized carbons (Fsp3) is 0.453. The molecule has 0 aromatic carbocycles. The highest BCUT2D eigenvalue weighted by Crippen LogP contribution is 2.08. The molecule has 0 aromatic heterocycles. The van der Waals surface area contributed by atoms with Crippen molar-refractivity contribution in [3.05, 3.63) is 158 Å². The molecule has 0 radical (unpaired) electrons. The Hall–Kier alpha value is -4.97. The van der Waals surface area contributed by atoms with Crippen molar-refractivity contribution in [3.63, 3.8) is 0 Å². The summed E-state index contributed by atoms with van der Waals surface area (Å²) >= 11 is 0. The van der Waals surface area contributed by atoms with Gasteiger partial charge in [-0.25, -0.2) is 0 Å². The molecular weight excluding hydrogens is 733 g/mol. The highest BCUT2D eigenvalue weighted by Gasteiger charge is 2.19. The lowest BCUT2D eigenvalue weighted by Gasteiger charge is -2.18. The van der Waals surface area contributed by atoms with Crippen LogP contribution in [0.2, 0.25) is 0 Å². The van der Waals surface area contributed by atoms with Gasteiger partial charge in [0.25, 0.3) is 0 Å². The minimum Gasteiger partial charge on any atom is -0.462 e. The van der Waals surface area contributed by atoms with Crippen LogP contribution in [0.25, 0.3) is 0 Å². The van der Waals surface area contributed by atoms with Crippen LogP contribution in [0.5, 0.6) is 0 Å². The predicted octanol–water partition coefficient (Wildman–Crippen LogP) is 14.3. The number of ether oxygens (including phenoxy) is 3. The third-order valence-electron chi connectivity index (χ3n) is 8.14. The van der Waals surface area contributed by atoms with Crippen LogP contribution in [-0.4, -0.2) is 37.2 Å². The van der Waals surface area contributed by atoms with Gasteiger partial charge in [0, 0.05) is 19.3 Å². The standard InChI is InChI=1S/C53H76O6/c1-4-7-10-13-16-19-22-24-25-26-27-29-31-34-37-40-43-46-52(55)58-49-50(48-57-51(54)45-42-39-36-33-30-21-18-15-12-9-6-3)59-53(56)47-44-41-38-35-32-28-23-20-17-14-11-8-5-2/h7-12,14,16-21,23-25,27-29,32-38,50H,4-6,13,15,22,26,30-31,39-49H2,1-3H3/b10-7-,11-8-,12-9-,17-14-,19-16-,21-18-,23-20-,25-24-,29-27-,32-28-,36-33-,37-34-,38-35-. The summed E-state index contributed by atoms with van der Waals surface area (Å²) in [7, 11) is 0. The monoisotopic (exact) mass is 809 g/mol. The van der Waals surface area contributed by atoms with E-state index in [0.717, 1.165) is 70.6 Å². The van der Waals surface area contributed by atoms with Gasteiger partial charge < -0.3 is 14.2 Å². The van der Waals surface area contributed by atoms with Crippen LogP contribution < -0.4 is 0 Å². The fourth-order valence-corrected chi connectivity index (χ4v) is 4.94. The number of hydrogen-bond donors (Lipinski definition) is 0. The summed E-state index contributed by atoms with van der Waals surface area (Å²) < 4.78 is 16.5. The molecule has 0 N–H and O–H groups in total. The molecule has 0 saturated carbocycles. The van der Waals surface area contributed by atoms with E-state index in [1.165, 1.54) is 0 Å². The van der Waals surface area contributed by atoms with Crippen LogP contribution in [0, 0.1) is 0 Å². The average Bonchev–Trinajstić information content (AvgIpc) is 3.23. The molecule has 6 nitrogen and oxygen atoms in total. The lowest BCUT2D eigenvalue weighted by atomic mass is 10.2. The van der Waals surface area contributed by atoms with Crippen molar-refractivity contribution in [1.29, 1.82) is 0 Å². The second kappa shape index (κ2) is 45.7. The SMILES string of the molecule is CC\C=C/C=C\C=C/C=C\C=C/CCCC(=O)OC(COC(=O)CCC/C=C\C/C=C\C/C=C\CC)COC(=O)CCC/C=C\C/C=C\C/C=C\C/C=C\C/C=C\CC. The molecule has 6 heteroatoms. The van der Waals surface area contributed by atoms with Crippen molar-refractivity contribution in [2.75, 3.05) is 13.2 Å². The van der Waals surface area contributed by atoms with Gasteiger partial charge in [-0.15, -0.1) is 0 Å². The van der Waals surface area contributed by atoms with Crippen molar-refractivity contribution in [2.45, 2.75) is 142 Å². The Balaban J connectivity index is 4.69. The van der Waals surface area contributed by atoms with E-state index in [0.29, 0.717) is 25.7 Å². The molecule has 1 atom stereocenters. The number of hydrogen-bond acceptors (Lipinski definition) is 6. The molecule has 324 valence electrons. The maximum atomic E-state index is 12.7. The van der Waals surface area contributed by atoms with Crippen LogP contribution in [0.15, 0.2) is 158 Å². The Kier molecular flexibility index (Phi) is 41.9. The Bertz CT molecular complexity index is 1440. The molecule has 0 bridgehead atoms. The van der Waals surface area contributed by atoms with Crippen molar-refractivity contribution in [2.24, 2.45) is 0 Å². The van der Waals surface area contributed by atoms with E-state index in [1.807, 2.05) is 54.7 Å².